The van der Waals surface area contributed by atoms with Crippen LogP contribution < -0.4 is 0 Å². The minimum atomic E-state index is -2.59. The minimum absolute atomic E-state index is 0.341. The average molecular weight is 267 g/mol. The van der Waals surface area contributed by atoms with Crippen LogP contribution in [0.2, 0.25) is 5.02 Å². The second kappa shape index (κ2) is 4.90. The smallest absolute Gasteiger partial charge is 0.168 e. The largest absolute Gasteiger partial charge is 0.227 e. The molecular weight excluding hydrogens is 256 g/mol. The van der Waals surface area contributed by atoms with Crippen molar-refractivity contribution in [1.29, 1.82) is 0 Å². The molecule has 17 heavy (non-hydrogen) atoms. The maximum Gasteiger partial charge on any atom is 0.168 e. The van der Waals surface area contributed by atoms with Crippen LogP contribution in [0.5, 0.6) is 0 Å². The molecule has 2 nitrogen and oxygen atoms in total. The molecule has 0 aliphatic carbocycles. The summed E-state index contributed by atoms with van der Waals surface area (Å²) in [6, 6.07) is 12.4. The van der Waals surface area contributed by atoms with E-state index >= 15 is 0 Å². The van der Waals surface area contributed by atoms with E-state index in [0.717, 1.165) is 16.7 Å². The standard InChI is InChI=1S/C13H11ClO2S/c1-9-2-7-13(17(15)16)12(8-9)10-3-5-11(14)6-4-10/h2-8,17H,1H3. The van der Waals surface area contributed by atoms with Gasteiger partial charge in [-0.25, -0.2) is 8.42 Å². The highest BCUT2D eigenvalue weighted by Gasteiger charge is 2.07. The van der Waals surface area contributed by atoms with Crippen LogP contribution in [0.1, 0.15) is 5.56 Å². The molecule has 0 atom stereocenters. The van der Waals surface area contributed by atoms with Crippen molar-refractivity contribution in [1.82, 2.24) is 0 Å². The van der Waals surface area contributed by atoms with Gasteiger partial charge in [0.2, 0.25) is 0 Å². The molecule has 0 bridgehead atoms. The molecule has 0 amide bonds. The zero-order chi connectivity index (χ0) is 12.4. The molecule has 0 spiro atoms. The van der Waals surface area contributed by atoms with Gasteiger partial charge in [-0.3, -0.25) is 0 Å². The van der Waals surface area contributed by atoms with Crippen LogP contribution in [0.3, 0.4) is 0 Å². The first-order valence-electron chi connectivity index (χ1n) is 5.09. The third kappa shape index (κ3) is 2.68. The molecule has 0 radical (unpaired) electrons. The lowest BCUT2D eigenvalue weighted by Gasteiger charge is -2.06. The summed E-state index contributed by atoms with van der Waals surface area (Å²) in [6.45, 7) is 1.93. The Hall–Kier alpha value is -1.32. The summed E-state index contributed by atoms with van der Waals surface area (Å²) in [5.74, 6) is 0. The first-order chi connectivity index (χ1) is 8.08. The maximum absolute atomic E-state index is 11.2. The quantitative estimate of drug-likeness (QED) is 0.847. The Morgan fingerprint density at radius 2 is 1.65 bits per heavy atom. The topological polar surface area (TPSA) is 34.1 Å². The molecule has 0 aromatic heterocycles. The second-order valence-corrected chi connectivity index (χ2v) is 5.22. The Balaban J connectivity index is 2.64. The highest BCUT2D eigenvalue weighted by molar-refractivity contribution is 7.72. The summed E-state index contributed by atoms with van der Waals surface area (Å²) in [6.07, 6.45) is 0. The van der Waals surface area contributed by atoms with Crippen LogP contribution in [-0.4, -0.2) is 8.42 Å². The molecule has 0 aliphatic rings. The predicted molar refractivity (Wildman–Crippen MR) is 70.2 cm³/mol. The number of halogens is 1. The van der Waals surface area contributed by atoms with Gasteiger partial charge in [-0.15, -0.1) is 0 Å². The van der Waals surface area contributed by atoms with Gasteiger partial charge in [0, 0.05) is 10.6 Å². The molecule has 0 heterocycles. The van der Waals surface area contributed by atoms with E-state index in [1.807, 2.05) is 25.1 Å². The Labute approximate surface area is 107 Å². The molecule has 2 aromatic rings. The zero-order valence-corrected chi connectivity index (χ0v) is 10.8. The lowest BCUT2D eigenvalue weighted by atomic mass is 10.0. The van der Waals surface area contributed by atoms with Crippen molar-refractivity contribution >= 4 is 22.3 Å². The normalized spacial score (nSPS) is 10.8. The maximum atomic E-state index is 11.2. The van der Waals surface area contributed by atoms with Gasteiger partial charge in [0.1, 0.15) is 0 Å². The first kappa shape index (κ1) is 12.1. The van der Waals surface area contributed by atoms with Gasteiger partial charge in [0.05, 0.1) is 4.90 Å². The van der Waals surface area contributed by atoms with Crippen molar-refractivity contribution in [3.63, 3.8) is 0 Å². The molecule has 88 valence electrons. The van der Waals surface area contributed by atoms with Gasteiger partial charge in [-0.1, -0.05) is 41.4 Å². The Morgan fingerprint density at radius 1 is 1.00 bits per heavy atom. The van der Waals surface area contributed by atoms with Gasteiger partial charge in [-0.2, -0.15) is 0 Å². The van der Waals surface area contributed by atoms with Crippen molar-refractivity contribution in [2.24, 2.45) is 0 Å². The lowest BCUT2D eigenvalue weighted by molar-refractivity contribution is 0.615. The fraction of sp³-hybridized carbons (Fsp3) is 0.0769. The van der Waals surface area contributed by atoms with E-state index in [9.17, 15) is 8.42 Å². The van der Waals surface area contributed by atoms with E-state index < -0.39 is 10.7 Å². The molecule has 0 N–H and O–H groups in total. The SMILES string of the molecule is Cc1ccc([SH](=O)=O)c(-c2ccc(Cl)cc2)c1. The minimum Gasteiger partial charge on any atom is -0.227 e. The third-order valence-electron chi connectivity index (χ3n) is 2.50. The van der Waals surface area contributed by atoms with Crippen LogP contribution >= 0.6 is 11.6 Å². The molecular formula is C13H11ClO2S. The number of aryl methyl sites for hydroxylation is 1. The van der Waals surface area contributed by atoms with Crippen LogP contribution in [0.25, 0.3) is 11.1 Å². The summed E-state index contributed by atoms with van der Waals surface area (Å²) in [5.41, 5.74) is 2.60. The first-order valence-corrected chi connectivity index (χ1v) is 6.64. The van der Waals surface area contributed by atoms with Gasteiger partial charge >= 0.3 is 0 Å². The van der Waals surface area contributed by atoms with E-state index in [-0.39, 0.29) is 0 Å². The summed E-state index contributed by atoms with van der Waals surface area (Å²) < 4.78 is 22.4. The average Bonchev–Trinajstić information content (AvgIpc) is 2.29. The fourth-order valence-electron chi connectivity index (χ4n) is 1.67. The Morgan fingerprint density at radius 3 is 2.24 bits per heavy atom. The van der Waals surface area contributed by atoms with Crippen molar-refractivity contribution < 1.29 is 8.42 Å². The van der Waals surface area contributed by atoms with Gasteiger partial charge in [-0.05, 0) is 30.7 Å². The van der Waals surface area contributed by atoms with Crippen LogP contribution in [0.15, 0.2) is 47.4 Å². The van der Waals surface area contributed by atoms with Crippen molar-refractivity contribution in [2.75, 3.05) is 0 Å². The van der Waals surface area contributed by atoms with Crippen LogP contribution in [0.4, 0.5) is 0 Å². The van der Waals surface area contributed by atoms with E-state index in [1.165, 1.54) is 0 Å². The van der Waals surface area contributed by atoms with E-state index in [4.69, 9.17) is 11.6 Å². The fourth-order valence-corrected chi connectivity index (χ4v) is 2.38. The molecule has 4 heteroatoms. The van der Waals surface area contributed by atoms with Gasteiger partial charge < -0.3 is 0 Å². The van der Waals surface area contributed by atoms with E-state index in [0.29, 0.717) is 9.92 Å². The van der Waals surface area contributed by atoms with Crippen molar-refractivity contribution in [3.05, 3.63) is 53.1 Å². The highest BCUT2D eigenvalue weighted by Crippen LogP contribution is 2.27. The Bertz CT molecular complexity index is 608. The van der Waals surface area contributed by atoms with Gasteiger partial charge in [0.25, 0.3) is 0 Å². The number of thiol groups is 1. The van der Waals surface area contributed by atoms with E-state index in [2.05, 4.69) is 0 Å². The number of benzene rings is 2. The monoisotopic (exact) mass is 266 g/mol. The predicted octanol–water partition coefficient (Wildman–Crippen LogP) is 3.29. The third-order valence-corrected chi connectivity index (χ3v) is 3.54. The van der Waals surface area contributed by atoms with Crippen molar-refractivity contribution in [2.45, 2.75) is 11.8 Å². The van der Waals surface area contributed by atoms with E-state index in [1.54, 1.807) is 24.3 Å². The summed E-state index contributed by atoms with van der Waals surface area (Å²) in [5, 5.41) is 0.634. The molecule has 0 unspecified atom stereocenters. The molecule has 0 saturated heterocycles. The number of hydrogen-bond acceptors (Lipinski definition) is 2. The van der Waals surface area contributed by atoms with Crippen molar-refractivity contribution in [3.8, 4) is 11.1 Å². The number of hydrogen-bond donors (Lipinski definition) is 1. The van der Waals surface area contributed by atoms with Crippen LogP contribution in [0, 0.1) is 6.92 Å². The van der Waals surface area contributed by atoms with Gasteiger partial charge in [0.15, 0.2) is 10.7 Å². The lowest BCUT2D eigenvalue weighted by Crippen LogP contribution is -1.88. The van der Waals surface area contributed by atoms with Crippen LogP contribution in [-0.2, 0) is 10.7 Å². The summed E-state index contributed by atoms with van der Waals surface area (Å²) in [7, 11) is -2.59. The molecule has 0 saturated carbocycles. The molecule has 2 aromatic carbocycles. The molecule has 0 aliphatic heterocycles. The summed E-state index contributed by atoms with van der Waals surface area (Å²) in [4.78, 5) is 0.341. The second-order valence-electron chi connectivity index (χ2n) is 3.78. The molecule has 2 rings (SSSR count). The zero-order valence-electron chi connectivity index (χ0n) is 9.18. The number of rotatable bonds is 2. The summed E-state index contributed by atoms with van der Waals surface area (Å²) >= 11 is 5.81. The highest BCUT2D eigenvalue weighted by atomic mass is 35.5. The molecule has 0 fully saturated rings. The Kier molecular flexibility index (Phi) is 3.50.